The van der Waals surface area contributed by atoms with Gasteiger partial charge >= 0.3 is 0 Å². The molecule has 3 heteroatoms. The molecule has 80 valence electrons. The molecule has 2 N–H and O–H groups in total. The molecule has 1 fully saturated rings. The number of rotatable bonds is 2. The molecule has 1 saturated heterocycles. The van der Waals surface area contributed by atoms with E-state index in [1.807, 2.05) is 0 Å². The van der Waals surface area contributed by atoms with E-state index in [0.717, 1.165) is 38.3 Å². The van der Waals surface area contributed by atoms with Crippen LogP contribution in [0.25, 0.3) is 0 Å². The Morgan fingerprint density at radius 1 is 1.13 bits per heavy atom. The van der Waals surface area contributed by atoms with E-state index < -0.39 is 0 Å². The second-order valence-corrected chi connectivity index (χ2v) is 4.27. The van der Waals surface area contributed by atoms with Crippen LogP contribution in [0.4, 0.5) is 0 Å². The van der Waals surface area contributed by atoms with Crippen LogP contribution in [0, 0.1) is 0 Å². The van der Waals surface area contributed by atoms with Crippen LogP contribution in [-0.4, -0.2) is 19.2 Å². The van der Waals surface area contributed by atoms with Crippen LogP contribution in [0.3, 0.4) is 0 Å². The Kier molecular flexibility index (Phi) is 2.35. The van der Waals surface area contributed by atoms with Gasteiger partial charge in [-0.2, -0.15) is 0 Å². The minimum Gasteiger partial charge on any atom is -0.489 e. The summed E-state index contributed by atoms with van der Waals surface area (Å²) < 4.78 is 5.91. The molecular weight excluding hydrogens is 188 g/mol. The van der Waals surface area contributed by atoms with Crippen LogP contribution in [0.5, 0.6) is 5.75 Å². The van der Waals surface area contributed by atoms with Gasteiger partial charge in [-0.25, -0.2) is 0 Å². The topological polar surface area (TPSA) is 33.3 Å². The van der Waals surface area contributed by atoms with Crippen molar-refractivity contribution < 1.29 is 4.74 Å². The van der Waals surface area contributed by atoms with Crippen LogP contribution >= 0.6 is 0 Å². The lowest BCUT2D eigenvalue weighted by atomic mass is 10.1. The van der Waals surface area contributed by atoms with Crippen LogP contribution in [0.1, 0.15) is 17.5 Å². The van der Waals surface area contributed by atoms with E-state index in [1.54, 1.807) is 0 Å². The van der Waals surface area contributed by atoms with Gasteiger partial charge in [-0.05, 0) is 36.2 Å². The third-order valence-electron chi connectivity index (χ3n) is 3.13. The number of hydrogen-bond acceptors (Lipinski definition) is 3. The lowest BCUT2D eigenvalue weighted by Gasteiger charge is -2.13. The number of nitrogens with one attached hydrogen (secondary N) is 2. The van der Waals surface area contributed by atoms with Crippen LogP contribution in [0.2, 0.25) is 0 Å². The average molecular weight is 204 g/mol. The van der Waals surface area contributed by atoms with Crippen LogP contribution < -0.4 is 15.4 Å². The zero-order valence-electron chi connectivity index (χ0n) is 8.75. The summed E-state index contributed by atoms with van der Waals surface area (Å²) >= 11 is 0. The molecule has 0 amide bonds. The van der Waals surface area contributed by atoms with Gasteiger partial charge in [0.2, 0.25) is 0 Å². The molecule has 0 spiro atoms. The Labute approximate surface area is 89.8 Å². The van der Waals surface area contributed by atoms with Crippen LogP contribution in [-0.2, 0) is 13.1 Å². The summed E-state index contributed by atoms with van der Waals surface area (Å²) in [5, 5.41) is 6.65. The third kappa shape index (κ3) is 1.85. The average Bonchev–Trinajstić information content (AvgIpc) is 2.87. The summed E-state index contributed by atoms with van der Waals surface area (Å²) in [5.74, 6) is 1.02. The first-order valence-electron chi connectivity index (χ1n) is 5.62. The first-order valence-corrected chi connectivity index (χ1v) is 5.62. The van der Waals surface area contributed by atoms with Crippen molar-refractivity contribution in [3.63, 3.8) is 0 Å². The Bertz CT molecular complexity index is 359. The summed E-state index contributed by atoms with van der Waals surface area (Å²) in [7, 11) is 0. The Morgan fingerprint density at radius 2 is 2.07 bits per heavy atom. The highest BCUT2D eigenvalue weighted by Gasteiger charge is 2.17. The van der Waals surface area contributed by atoms with Gasteiger partial charge in [0.1, 0.15) is 11.9 Å². The highest BCUT2D eigenvalue weighted by Crippen LogP contribution is 2.23. The number of hydrogen-bond donors (Lipinski definition) is 2. The number of ether oxygens (including phenoxy) is 1. The second-order valence-electron chi connectivity index (χ2n) is 4.27. The molecule has 2 heterocycles. The van der Waals surface area contributed by atoms with Gasteiger partial charge in [0, 0.05) is 19.6 Å². The minimum atomic E-state index is 0.359. The highest BCUT2D eigenvalue weighted by atomic mass is 16.5. The quantitative estimate of drug-likeness (QED) is 0.755. The monoisotopic (exact) mass is 204 g/mol. The molecule has 1 atom stereocenters. The first kappa shape index (κ1) is 9.19. The molecule has 3 nitrogen and oxygen atoms in total. The molecule has 1 unspecified atom stereocenters. The molecule has 0 saturated carbocycles. The third-order valence-corrected chi connectivity index (χ3v) is 3.13. The summed E-state index contributed by atoms with van der Waals surface area (Å²) in [6.07, 6.45) is 1.48. The predicted octanol–water partition coefficient (Wildman–Crippen LogP) is 1.03. The molecular formula is C12H16N2O. The lowest BCUT2D eigenvalue weighted by Crippen LogP contribution is -2.19. The highest BCUT2D eigenvalue weighted by molar-refractivity contribution is 5.37. The van der Waals surface area contributed by atoms with E-state index in [2.05, 4.69) is 28.8 Å². The van der Waals surface area contributed by atoms with E-state index in [9.17, 15) is 0 Å². The van der Waals surface area contributed by atoms with Crippen molar-refractivity contribution in [2.24, 2.45) is 0 Å². The molecule has 0 bridgehead atoms. The fraction of sp³-hybridized carbons (Fsp3) is 0.500. The van der Waals surface area contributed by atoms with Crippen LogP contribution in [0.15, 0.2) is 18.2 Å². The zero-order valence-corrected chi connectivity index (χ0v) is 8.75. The molecule has 1 aromatic rings. The maximum absolute atomic E-state index is 5.91. The van der Waals surface area contributed by atoms with Crippen molar-refractivity contribution in [3.8, 4) is 5.75 Å². The SMILES string of the molecule is c1cc2c(cc1OC1CCNC1)CNC2. The molecule has 15 heavy (non-hydrogen) atoms. The normalized spacial score (nSPS) is 24.1. The van der Waals surface area contributed by atoms with E-state index in [1.165, 1.54) is 11.1 Å². The molecule has 0 aromatic heterocycles. The van der Waals surface area contributed by atoms with Crippen molar-refractivity contribution in [1.82, 2.24) is 10.6 Å². The number of fused-ring (bicyclic) bond motifs is 1. The molecule has 0 aliphatic carbocycles. The van der Waals surface area contributed by atoms with E-state index in [-0.39, 0.29) is 0 Å². The van der Waals surface area contributed by atoms with Crippen molar-refractivity contribution in [2.45, 2.75) is 25.6 Å². The fourth-order valence-electron chi connectivity index (χ4n) is 2.27. The van der Waals surface area contributed by atoms with Gasteiger partial charge in [0.05, 0.1) is 0 Å². The van der Waals surface area contributed by atoms with Gasteiger partial charge in [-0.1, -0.05) is 6.07 Å². The van der Waals surface area contributed by atoms with Crippen molar-refractivity contribution in [1.29, 1.82) is 0 Å². The molecule has 0 radical (unpaired) electrons. The largest absolute Gasteiger partial charge is 0.489 e. The Balaban J connectivity index is 1.75. The summed E-state index contributed by atoms with van der Waals surface area (Å²) in [6, 6.07) is 6.44. The van der Waals surface area contributed by atoms with E-state index >= 15 is 0 Å². The second kappa shape index (κ2) is 3.83. The fourth-order valence-corrected chi connectivity index (χ4v) is 2.27. The van der Waals surface area contributed by atoms with Gasteiger partial charge in [0.25, 0.3) is 0 Å². The Morgan fingerprint density at radius 3 is 2.93 bits per heavy atom. The van der Waals surface area contributed by atoms with Crippen molar-refractivity contribution in [2.75, 3.05) is 13.1 Å². The summed E-state index contributed by atoms with van der Waals surface area (Å²) in [5.41, 5.74) is 2.80. The van der Waals surface area contributed by atoms with E-state index in [0.29, 0.717) is 6.10 Å². The lowest BCUT2D eigenvalue weighted by molar-refractivity contribution is 0.223. The van der Waals surface area contributed by atoms with E-state index in [4.69, 9.17) is 4.74 Å². The summed E-state index contributed by atoms with van der Waals surface area (Å²) in [4.78, 5) is 0. The first-order chi connectivity index (χ1) is 7.42. The standard InChI is InChI=1S/C12H16N2O/c1-2-11(15-12-3-4-13-8-12)5-10-7-14-6-9(1)10/h1-2,5,12-14H,3-4,6-8H2. The van der Waals surface area contributed by atoms with Gasteiger partial charge in [-0.3, -0.25) is 0 Å². The predicted molar refractivity (Wildman–Crippen MR) is 58.9 cm³/mol. The van der Waals surface area contributed by atoms with Gasteiger partial charge in [-0.15, -0.1) is 0 Å². The Hall–Kier alpha value is -1.06. The molecule has 1 aromatic carbocycles. The molecule has 3 rings (SSSR count). The number of benzene rings is 1. The maximum Gasteiger partial charge on any atom is 0.120 e. The minimum absolute atomic E-state index is 0.359. The summed E-state index contributed by atoms with van der Waals surface area (Å²) in [6.45, 7) is 4.04. The smallest absolute Gasteiger partial charge is 0.120 e. The molecule has 2 aliphatic rings. The van der Waals surface area contributed by atoms with Gasteiger partial charge < -0.3 is 15.4 Å². The maximum atomic E-state index is 5.91. The van der Waals surface area contributed by atoms with Gasteiger partial charge in [0.15, 0.2) is 0 Å². The van der Waals surface area contributed by atoms with Crippen molar-refractivity contribution in [3.05, 3.63) is 29.3 Å². The zero-order chi connectivity index (χ0) is 10.1. The van der Waals surface area contributed by atoms with Crippen molar-refractivity contribution >= 4 is 0 Å². The molecule has 2 aliphatic heterocycles.